The number of benzene rings is 1. The molecule has 0 radical (unpaired) electrons. The molecule has 0 aliphatic carbocycles. The Kier molecular flexibility index (Phi) is 3.11. The molecule has 0 saturated carbocycles. The minimum Gasteiger partial charge on any atom is -0.393 e. The van der Waals surface area contributed by atoms with E-state index in [4.69, 9.17) is 5.73 Å². The third-order valence-corrected chi connectivity index (χ3v) is 4.07. The molecule has 0 amide bonds. The van der Waals surface area contributed by atoms with Crippen LogP contribution in [0.2, 0.25) is 0 Å². The number of nitrogen functional groups attached to an aromatic ring is 1. The van der Waals surface area contributed by atoms with E-state index in [9.17, 15) is 10.1 Å². The third-order valence-electron chi connectivity index (χ3n) is 3.36. The minimum atomic E-state index is -0.430. The fourth-order valence-corrected chi connectivity index (χ4v) is 2.74. The quantitative estimate of drug-likeness (QED) is 0.491. The lowest BCUT2D eigenvalue weighted by Gasteiger charge is -2.31. The van der Waals surface area contributed by atoms with E-state index in [1.165, 1.54) is 6.07 Å². The van der Waals surface area contributed by atoms with Crippen LogP contribution >= 0.6 is 15.9 Å². The molecular weight excluding hydrogens is 298 g/mol. The van der Waals surface area contributed by atoms with Gasteiger partial charge in [-0.1, -0.05) is 15.9 Å². The summed E-state index contributed by atoms with van der Waals surface area (Å²) in [4.78, 5) is 12.8. The predicted molar refractivity (Wildman–Crippen MR) is 74.2 cm³/mol. The number of nitrogens with zero attached hydrogens (tertiary/aromatic N) is 2. The van der Waals surface area contributed by atoms with E-state index in [-0.39, 0.29) is 11.2 Å². The maximum Gasteiger partial charge on any atom is 0.293 e. The molecule has 0 saturated heterocycles. The van der Waals surface area contributed by atoms with Crippen molar-refractivity contribution in [2.24, 2.45) is 0 Å². The first kappa shape index (κ1) is 13.3. The second-order valence-corrected chi connectivity index (χ2v) is 6.39. The molecule has 1 heterocycles. The number of nitro groups is 1. The zero-order valence-electron chi connectivity index (χ0n) is 10.7. The summed E-state index contributed by atoms with van der Waals surface area (Å²) in [5.41, 5.74) is 8.16. The maximum absolute atomic E-state index is 10.9. The number of nitro benzene ring substituents is 1. The minimum absolute atomic E-state index is 0.0136. The summed E-state index contributed by atoms with van der Waals surface area (Å²) >= 11 is 3.41. The fraction of sp³-hybridized carbons (Fsp3) is 0.500. The van der Waals surface area contributed by atoms with Crippen molar-refractivity contribution < 1.29 is 4.92 Å². The SMILES string of the molecule is CC(C)(C)N1Cc2c(Br)cc([N+](=O)[O-])c(N)c2C1. The second-order valence-electron chi connectivity index (χ2n) is 5.53. The van der Waals surface area contributed by atoms with Gasteiger partial charge in [0.2, 0.25) is 0 Å². The third kappa shape index (κ3) is 2.10. The molecule has 0 unspecified atom stereocenters. The van der Waals surface area contributed by atoms with Gasteiger partial charge in [0.15, 0.2) is 0 Å². The van der Waals surface area contributed by atoms with E-state index >= 15 is 0 Å². The first-order valence-corrected chi connectivity index (χ1v) is 6.50. The highest BCUT2D eigenvalue weighted by Crippen LogP contribution is 2.41. The average Bonchev–Trinajstić information content (AvgIpc) is 2.67. The number of rotatable bonds is 1. The van der Waals surface area contributed by atoms with Crippen LogP contribution in [-0.2, 0) is 13.1 Å². The lowest BCUT2D eigenvalue weighted by atomic mass is 10.1. The fourth-order valence-electron chi connectivity index (χ4n) is 2.16. The van der Waals surface area contributed by atoms with E-state index < -0.39 is 4.92 Å². The Labute approximate surface area is 114 Å². The van der Waals surface area contributed by atoms with Crippen LogP contribution in [0.15, 0.2) is 10.5 Å². The van der Waals surface area contributed by atoms with Crippen molar-refractivity contribution in [3.63, 3.8) is 0 Å². The molecule has 0 spiro atoms. The number of nitrogens with two attached hydrogens (primary N) is 1. The van der Waals surface area contributed by atoms with Gasteiger partial charge in [0.1, 0.15) is 5.69 Å². The van der Waals surface area contributed by atoms with Gasteiger partial charge in [0.25, 0.3) is 5.69 Å². The van der Waals surface area contributed by atoms with Crippen molar-refractivity contribution in [2.45, 2.75) is 39.4 Å². The summed E-state index contributed by atoms with van der Waals surface area (Å²) in [5.74, 6) is 0. The predicted octanol–water partition coefficient (Wildman–Crippen LogP) is 3.05. The molecule has 0 fully saturated rings. The summed E-state index contributed by atoms with van der Waals surface area (Å²) in [6.07, 6.45) is 0. The van der Waals surface area contributed by atoms with Crippen LogP contribution in [-0.4, -0.2) is 15.4 Å². The topological polar surface area (TPSA) is 72.4 Å². The average molecular weight is 314 g/mol. The Balaban J connectivity index is 2.50. The Morgan fingerprint density at radius 1 is 1.39 bits per heavy atom. The van der Waals surface area contributed by atoms with E-state index in [0.717, 1.165) is 22.1 Å². The Bertz CT molecular complexity index is 523. The molecule has 1 aromatic carbocycles. The monoisotopic (exact) mass is 313 g/mol. The zero-order valence-corrected chi connectivity index (χ0v) is 12.2. The van der Waals surface area contributed by atoms with Gasteiger partial charge in [-0.3, -0.25) is 15.0 Å². The van der Waals surface area contributed by atoms with E-state index in [1.807, 2.05) is 0 Å². The first-order chi connectivity index (χ1) is 8.21. The van der Waals surface area contributed by atoms with Crippen molar-refractivity contribution >= 4 is 27.3 Å². The second kappa shape index (κ2) is 4.20. The smallest absolute Gasteiger partial charge is 0.293 e. The molecular formula is C12H16BrN3O2. The van der Waals surface area contributed by atoms with Gasteiger partial charge in [0.05, 0.1) is 4.92 Å². The van der Waals surface area contributed by atoms with E-state index in [0.29, 0.717) is 12.2 Å². The van der Waals surface area contributed by atoms with Gasteiger partial charge in [0, 0.05) is 34.7 Å². The number of anilines is 1. The van der Waals surface area contributed by atoms with Gasteiger partial charge in [-0.2, -0.15) is 0 Å². The number of hydrogen-bond acceptors (Lipinski definition) is 4. The highest BCUT2D eigenvalue weighted by Gasteiger charge is 2.33. The highest BCUT2D eigenvalue weighted by atomic mass is 79.9. The van der Waals surface area contributed by atoms with Crippen LogP contribution in [0.3, 0.4) is 0 Å². The van der Waals surface area contributed by atoms with Crippen molar-refractivity contribution in [3.05, 3.63) is 31.8 Å². The summed E-state index contributed by atoms with van der Waals surface area (Å²) in [6, 6.07) is 1.50. The molecule has 0 atom stereocenters. The molecule has 2 rings (SSSR count). The number of fused-ring (bicyclic) bond motifs is 1. The maximum atomic E-state index is 10.9. The van der Waals surface area contributed by atoms with E-state index in [2.05, 4.69) is 41.6 Å². The molecule has 2 N–H and O–H groups in total. The highest BCUT2D eigenvalue weighted by molar-refractivity contribution is 9.10. The van der Waals surface area contributed by atoms with Gasteiger partial charge in [-0.25, -0.2) is 0 Å². The summed E-state index contributed by atoms with van der Waals surface area (Å²) in [7, 11) is 0. The van der Waals surface area contributed by atoms with Crippen molar-refractivity contribution in [1.29, 1.82) is 0 Å². The van der Waals surface area contributed by atoms with Gasteiger partial charge < -0.3 is 5.73 Å². The number of hydrogen-bond donors (Lipinski definition) is 1. The van der Waals surface area contributed by atoms with Crippen LogP contribution in [0.25, 0.3) is 0 Å². The summed E-state index contributed by atoms with van der Waals surface area (Å²) in [5, 5.41) is 10.9. The van der Waals surface area contributed by atoms with Crippen molar-refractivity contribution in [3.8, 4) is 0 Å². The first-order valence-electron chi connectivity index (χ1n) is 5.71. The standard InChI is InChI=1S/C12H16BrN3O2/c1-12(2,3)15-5-7-8(6-15)11(14)10(16(17)18)4-9(7)13/h4H,5-6,14H2,1-3H3. The lowest BCUT2D eigenvalue weighted by Crippen LogP contribution is -2.36. The van der Waals surface area contributed by atoms with Crippen molar-refractivity contribution in [2.75, 3.05) is 5.73 Å². The Hall–Kier alpha value is -1.14. The number of halogens is 1. The molecule has 0 aromatic heterocycles. The van der Waals surface area contributed by atoms with Crippen LogP contribution in [0.5, 0.6) is 0 Å². The van der Waals surface area contributed by atoms with Gasteiger partial charge in [-0.15, -0.1) is 0 Å². The lowest BCUT2D eigenvalue weighted by molar-refractivity contribution is -0.384. The van der Waals surface area contributed by atoms with E-state index in [1.54, 1.807) is 0 Å². The normalized spacial score (nSPS) is 15.8. The molecule has 1 aliphatic rings. The van der Waals surface area contributed by atoms with Gasteiger partial charge >= 0.3 is 0 Å². The van der Waals surface area contributed by atoms with Crippen LogP contribution in [0.4, 0.5) is 11.4 Å². The molecule has 18 heavy (non-hydrogen) atoms. The molecule has 5 nitrogen and oxygen atoms in total. The molecule has 0 bridgehead atoms. The van der Waals surface area contributed by atoms with Crippen molar-refractivity contribution in [1.82, 2.24) is 4.90 Å². The zero-order chi connectivity index (χ0) is 13.7. The molecule has 1 aliphatic heterocycles. The van der Waals surface area contributed by atoms with Crippen LogP contribution < -0.4 is 5.73 Å². The molecule has 6 heteroatoms. The summed E-state index contributed by atoms with van der Waals surface area (Å²) in [6.45, 7) is 7.79. The Morgan fingerprint density at radius 3 is 2.44 bits per heavy atom. The Morgan fingerprint density at radius 2 is 1.94 bits per heavy atom. The molecule has 1 aromatic rings. The van der Waals surface area contributed by atoms with Crippen LogP contribution in [0, 0.1) is 10.1 Å². The van der Waals surface area contributed by atoms with Crippen LogP contribution in [0.1, 0.15) is 31.9 Å². The summed E-state index contributed by atoms with van der Waals surface area (Å²) < 4.78 is 0.769. The molecule has 98 valence electrons. The largest absolute Gasteiger partial charge is 0.393 e. The van der Waals surface area contributed by atoms with Gasteiger partial charge in [-0.05, 0) is 26.3 Å².